The Morgan fingerprint density at radius 1 is 0.957 bits per heavy atom. The van der Waals surface area contributed by atoms with E-state index in [0.717, 1.165) is 5.56 Å². The van der Waals surface area contributed by atoms with Gasteiger partial charge in [0.15, 0.2) is 17.3 Å². The monoisotopic (exact) mass is 311 g/mol. The SMILES string of the molecule is COc1cc(C2=Nc3ccccc3C(=O)C2)cc(OC)c1OC. The molecule has 1 heterocycles. The molecule has 0 saturated heterocycles. The third-order valence-corrected chi connectivity index (χ3v) is 3.79. The van der Waals surface area contributed by atoms with Crippen molar-refractivity contribution < 1.29 is 19.0 Å². The Bertz CT molecular complexity index is 770. The number of aliphatic imine (C=N–C) groups is 1. The summed E-state index contributed by atoms with van der Waals surface area (Å²) in [7, 11) is 4.67. The number of carbonyl (C=O) groups excluding carboxylic acids is 1. The number of ether oxygens (including phenoxy) is 3. The number of methoxy groups -OCH3 is 3. The van der Waals surface area contributed by atoms with E-state index in [0.29, 0.717) is 34.2 Å². The van der Waals surface area contributed by atoms with Gasteiger partial charge in [0.25, 0.3) is 0 Å². The van der Waals surface area contributed by atoms with Crippen molar-refractivity contribution >= 4 is 17.2 Å². The van der Waals surface area contributed by atoms with E-state index in [9.17, 15) is 4.79 Å². The molecule has 3 rings (SSSR count). The van der Waals surface area contributed by atoms with E-state index in [1.165, 1.54) is 0 Å². The summed E-state index contributed by atoms with van der Waals surface area (Å²) >= 11 is 0. The van der Waals surface area contributed by atoms with Gasteiger partial charge < -0.3 is 14.2 Å². The number of fused-ring (bicyclic) bond motifs is 1. The molecule has 118 valence electrons. The molecule has 0 atom stereocenters. The first-order valence-corrected chi connectivity index (χ1v) is 7.18. The van der Waals surface area contributed by atoms with Gasteiger partial charge in [0.2, 0.25) is 5.75 Å². The maximum absolute atomic E-state index is 12.3. The van der Waals surface area contributed by atoms with Crippen molar-refractivity contribution in [3.63, 3.8) is 0 Å². The average Bonchev–Trinajstić information content (AvgIpc) is 2.60. The van der Waals surface area contributed by atoms with E-state index in [2.05, 4.69) is 4.99 Å². The van der Waals surface area contributed by atoms with Crippen molar-refractivity contribution in [3.05, 3.63) is 47.5 Å². The molecule has 0 bridgehead atoms. The lowest BCUT2D eigenvalue weighted by atomic mass is 9.96. The number of benzene rings is 2. The lowest BCUT2D eigenvalue weighted by molar-refractivity contribution is 0.1000. The quantitative estimate of drug-likeness (QED) is 0.868. The summed E-state index contributed by atoms with van der Waals surface area (Å²) in [6.07, 6.45) is 0.246. The molecule has 5 heteroatoms. The van der Waals surface area contributed by atoms with Crippen LogP contribution in [0.15, 0.2) is 41.4 Å². The summed E-state index contributed by atoms with van der Waals surface area (Å²) in [4.78, 5) is 16.9. The molecule has 1 aliphatic rings. The van der Waals surface area contributed by atoms with Crippen LogP contribution in [0.5, 0.6) is 17.2 Å². The molecule has 0 amide bonds. The number of ketones is 1. The predicted octanol–water partition coefficient (Wildman–Crippen LogP) is 3.42. The van der Waals surface area contributed by atoms with Crippen molar-refractivity contribution in [3.8, 4) is 17.2 Å². The minimum Gasteiger partial charge on any atom is -0.493 e. The van der Waals surface area contributed by atoms with E-state index in [4.69, 9.17) is 14.2 Å². The maximum atomic E-state index is 12.3. The van der Waals surface area contributed by atoms with Crippen molar-refractivity contribution in [2.24, 2.45) is 4.99 Å². The lowest BCUT2D eigenvalue weighted by Crippen LogP contribution is -2.14. The fourth-order valence-corrected chi connectivity index (χ4v) is 2.65. The van der Waals surface area contributed by atoms with Crippen LogP contribution >= 0.6 is 0 Å². The van der Waals surface area contributed by atoms with Crippen LogP contribution in [0.1, 0.15) is 22.3 Å². The fraction of sp³-hybridized carbons (Fsp3) is 0.222. The van der Waals surface area contributed by atoms with E-state index in [1.807, 2.05) is 18.2 Å². The first-order valence-electron chi connectivity index (χ1n) is 7.18. The zero-order valence-electron chi connectivity index (χ0n) is 13.3. The number of nitrogens with zero attached hydrogens (tertiary/aromatic N) is 1. The molecule has 0 N–H and O–H groups in total. The highest BCUT2D eigenvalue weighted by Crippen LogP contribution is 2.39. The summed E-state index contributed by atoms with van der Waals surface area (Å²) in [6, 6.07) is 11.0. The third kappa shape index (κ3) is 2.65. The van der Waals surface area contributed by atoms with Crippen molar-refractivity contribution in [2.45, 2.75) is 6.42 Å². The Kier molecular flexibility index (Phi) is 4.02. The number of rotatable bonds is 4. The van der Waals surface area contributed by atoms with Gasteiger partial charge in [-0.1, -0.05) is 12.1 Å². The van der Waals surface area contributed by atoms with Crippen molar-refractivity contribution in [2.75, 3.05) is 21.3 Å². The van der Waals surface area contributed by atoms with E-state index >= 15 is 0 Å². The van der Waals surface area contributed by atoms with Crippen LogP contribution < -0.4 is 14.2 Å². The van der Waals surface area contributed by atoms with Crippen molar-refractivity contribution in [1.29, 1.82) is 0 Å². The normalized spacial score (nSPS) is 13.2. The topological polar surface area (TPSA) is 57.1 Å². The van der Waals surface area contributed by atoms with Crippen LogP contribution in [0.25, 0.3) is 0 Å². The second-order valence-corrected chi connectivity index (χ2v) is 5.09. The molecule has 5 nitrogen and oxygen atoms in total. The van der Waals surface area contributed by atoms with E-state index in [-0.39, 0.29) is 12.2 Å². The second-order valence-electron chi connectivity index (χ2n) is 5.09. The Labute approximate surface area is 134 Å². The molecule has 0 aromatic heterocycles. The molecule has 2 aromatic carbocycles. The molecule has 0 fully saturated rings. The van der Waals surface area contributed by atoms with Gasteiger partial charge in [-0.25, -0.2) is 0 Å². The van der Waals surface area contributed by atoms with Gasteiger partial charge in [-0.15, -0.1) is 0 Å². The average molecular weight is 311 g/mol. The highest BCUT2D eigenvalue weighted by molar-refractivity contribution is 6.21. The van der Waals surface area contributed by atoms with Crippen LogP contribution in [-0.2, 0) is 0 Å². The van der Waals surface area contributed by atoms with E-state index < -0.39 is 0 Å². The maximum Gasteiger partial charge on any atom is 0.203 e. The summed E-state index contributed by atoms with van der Waals surface area (Å²) in [6.45, 7) is 0. The minimum absolute atomic E-state index is 0.0550. The molecule has 0 aliphatic carbocycles. The molecular weight excluding hydrogens is 294 g/mol. The van der Waals surface area contributed by atoms with Crippen LogP contribution in [0.4, 0.5) is 5.69 Å². The largest absolute Gasteiger partial charge is 0.493 e. The second kappa shape index (κ2) is 6.12. The molecular formula is C18H17NO4. The van der Waals surface area contributed by atoms with Gasteiger partial charge in [0.1, 0.15) is 0 Å². The third-order valence-electron chi connectivity index (χ3n) is 3.79. The molecule has 0 spiro atoms. The van der Waals surface area contributed by atoms with E-state index in [1.54, 1.807) is 39.5 Å². The zero-order valence-corrected chi connectivity index (χ0v) is 13.3. The zero-order chi connectivity index (χ0) is 16.4. The summed E-state index contributed by atoms with van der Waals surface area (Å²) in [5, 5.41) is 0. The van der Waals surface area contributed by atoms with Gasteiger partial charge in [-0.05, 0) is 24.3 Å². The van der Waals surface area contributed by atoms with Gasteiger partial charge in [0, 0.05) is 11.1 Å². The Balaban J connectivity index is 2.13. The van der Waals surface area contributed by atoms with Crippen molar-refractivity contribution in [1.82, 2.24) is 0 Å². The van der Waals surface area contributed by atoms with Crippen LogP contribution in [0, 0.1) is 0 Å². The Morgan fingerprint density at radius 3 is 2.22 bits per heavy atom. The summed E-state index contributed by atoms with van der Waals surface area (Å²) in [5.41, 5.74) is 2.81. The molecule has 1 aliphatic heterocycles. The van der Waals surface area contributed by atoms with Crippen LogP contribution in [0.3, 0.4) is 0 Å². The Hall–Kier alpha value is -2.82. The molecule has 0 saturated carbocycles. The van der Waals surface area contributed by atoms with Gasteiger partial charge in [-0.2, -0.15) is 0 Å². The smallest absolute Gasteiger partial charge is 0.203 e. The van der Waals surface area contributed by atoms with Crippen LogP contribution in [0.2, 0.25) is 0 Å². The number of para-hydroxylation sites is 1. The standard InChI is InChI=1S/C18H17NO4/c1-21-16-8-11(9-17(22-2)18(16)23-3)14-10-15(20)12-6-4-5-7-13(12)19-14/h4-9H,10H2,1-3H3. The highest BCUT2D eigenvalue weighted by Gasteiger charge is 2.23. The molecule has 0 radical (unpaired) electrons. The first-order chi connectivity index (χ1) is 11.2. The highest BCUT2D eigenvalue weighted by atomic mass is 16.5. The number of Topliss-reactive ketones (excluding diaryl/α,β-unsaturated/α-hetero) is 1. The number of carbonyl (C=O) groups is 1. The molecule has 23 heavy (non-hydrogen) atoms. The predicted molar refractivity (Wildman–Crippen MR) is 87.7 cm³/mol. The van der Waals surface area contributed by atoms with Gasteiger partial charge in [-0.3, -0.25) is 9.79 Å². The van der Waals surface area contributed by atoms with Crippen LogP contribution in [-0.4, -0.2) is 32.8 Å². The molecule has 0 unspecified atom stereocenters. The summed E-state index contributed by atoms with van der Waals surface area (Å²) in [5.74, 6) is 1.65. The molecule has 2 aromatic rings. The first kappa shape index (κ1) is 15.1. The fourth-order valence-electron chi connectivity index (χ4n) is 2.65. The summed E-state index contributed by atoms with van der Waals surface area (Å²) < 4.78 is 16.0. The van der Waals surface area contributed by atoms with Gasteiger partial charge in [0.05, 0.1) is 39.1 Å². The Morgan fingerprint density at radius 2 is 1.61 bits per heavy atom. The lowest BCUT2D eigenvalue weighted by Gasteiger charge is -2.17. The van der Waals surface area contributed by atoms with Gasteiger partial charge >= 0.3 is 0 Å². The number of hydrogen-bond acceptors (Lipinski definition) is 5. The number of hydrogen-bond donors (Lipinski definition) is 0. The minimum atomic E-state index is 0.0550.